The minimum Gasteiger partial charge on any atom is -0.481 e. The van der Waals surface area contributed by atoms with Crippen LogP contribution in [0.25, 0.3) is 0 Å². The van der Waals surface area contributed by atoms with Crippen LogP contribution in [-0.2, 0) is 33.3 Å². The van der Waals surface area contributed by atoms with Gasteiger partial charge >= 0.3 is 17.9 Å². The summed E-state index contributed by atoms with van der Waals surface area (Å²) in [6, 6.07) is 0. The molecule has 0 bridgehead atoms. The van der Waals surface area contributed by atoms with Crippen LogP contribution in [0, 0.1) is 50.2 Å². The van der Waals surface area contributed by atoms with Gasteiger partial charge in [0.05, 0.1) is 11.5 Å². The number of allylic oxidation sites excluding steroid dienone is 2. The summed E-state index contributed by atoms with van der Waals surface area (Å²) in [7, 11) is 0. The van der Waals surface area contributed by atoms with Gasteiger partial charge in [0.25, 0.3) is 0 Å². The summed E-state index contributed by atoms with van der Waals surface area (Å²) in [5, 5.41) is 83.1. The van der Waals surface area contributed by atoms with Gasteiger partial charge in [0, 0.05) is 0 Å². The molecule has 0 unspecified atom stereocenters. The van der Waals surface area contributed by atoms with Crippen molar-refractivity contribution in [2.24, 2.45) is 50.2 Å². The molecule has 15 heteroatoms. The van der Waals surface area contributed by atoms with Crippen LogP contribution in [0.3, 0.4) is 0 Å². The normalized spacial score (nSPS) is 53.2. The Morgan fingerprint density at radius 1 is 0.667 bits per heavy atom. The van der Waals surface area contributed by atoms with E-state index in [0.717, 1.165) is 44.9 Å². The molecule has 8 N–H and O–H groups in total. The first kappa shape index (κ1) is 42.9. The van der Waals surface area contributed by atoms with Crippen molar-refractivity contribution < 1.29 is 74.2 Å². The molecule has 7 aliphatic rings. The van der Waals surface area contributed by atoms with Gasteiger partial charge in [-0.3, -0.25) is 4.79 Å². The molecule has 322 valence electrons. The second-order valence-electron chi connectivity index (χ2n) is 20.6. The Labute approximate surface area is 333 Å². The van der Waals surface area contributed by atoms with Gasteiger partial charge in [-0.2, -0.15) is 0 Å². The fourth-order valence-electron chi connectivity index (χ4n) is 13.5. The van der Waals surface area contributed by atoms with E-state index in [1.54, 1.807) is 0 Å². The van der Waals surface area contributed by atoms with E-state index in [9.17, 15) is 55.2 Å². The van der Waals surface area contributed by atoms with Crippen molar-refractivity contribution in [1.29, 1.82) is 0 Å². The molecule has 0 aromatic carbocycles. The number of carbonyl (C=O) groups is 3. The van der Waals surface area contributed by atoms with Crippen LogP contribution in [0.15, 0.2) is 11.6 Å². The third kappa shape index (κ3) is 6.35. The summed E-state index contributed by atoms with van der Waals surface area (Å²) >= 11 is 0. The van der Waals surface area contributed by atoms with Crippen LogP contribution in [0.5, 0.6) is 0 Å². The van der Waals surface area contributed by atoms with Crippen molar-refractivity contribution in [3.8, 4) is 0 Å². The standard InChI is InChI=1S/C42H64O15/c1-37(2)21-10-13-42(7)22(9-8-19-20-18-39(4,36(52)53)15-14-38(20,3)16-17-41(19,42)6)40(21,5)12-11-23(37)54-35-31(27(46)26(45)30(56-35)33(50)51)57-34-28(47)24(43)25(44)29(55-34)32(48)49/h8,20-31,34-35,43-47H,9-18H2,1-7H3,(H,48,49)(H,50,51)(H,52,53)/t20-,21+,22-,23+,24+,25+,26-,27-,28-,29+,30-,31+,34+,35+,38+,39+,40+,41-,42-/m0/s1. The van der Waals surface area contributed by atoms with Crippen molar-refractivity contribution in [3.05, 3.63) is 11.6 Å². The highest BCUT2D eigenvalue weighted by molar-refractivity contribution is 5.75. The van der Waals surface area contributed by atoms with Crippen LogP contribution < -0.4 is 0 Å². The number of fused-ring (bicyclic) bond motifs is 7. The molecule has 57 heavy (non-hydrogen) atoms. The second-order valence-corrected chi connectivity index (χ2v) is 20.6. The predicted molar refractivity (Wildman–Crippen MR) is 199 cm³/mol. The van der Waals surface area contributed by atoms with Gasteiger partial charge in [0.1, 0.15) is 36.6 Å². The van der Waals surface area contributed by atoms with E-state index in [0.29, 0.717) is 25.2 Å². The third-order valence-corrected chi connectivity index (χ3v) is 17.5. The number of hydrogen-bond acceptors (Lipinski definition) is 12. The van der Waals surface area contributed by atoms with E-state index >= 15 is 0 Å². The SMILES string of the molecule is CC1(C)[C@H]2CC[C@@]3(C)[C@@H](CC=C4[C@@H]5C[C@](C)(C(=O)O)CC[C@]5(C)CC[C@@]43C)[C@]2(C)CC[C@H]1O[C@@H]1O[C@H](C(=O)O)[C@@H](O)[C@H](O)[C@H]1O[C@H]1O[C@@H](C(=O)O)[C@H](O)[C@@H](O)[C@@H]1O. The van der Waals surface area contributed by atoms with Crippen molar-refractivity contribution >= 4 is 17.9 Å². The zero-order chi connectivity index (χ0) is 42.0. The first-order valence-corrected chi connectivity index (χ1v) is 20.8. The topological polar surface area (TPSA) is 250 Å². The molecule has 0 aromatic rings. The predicted octanol–water partition coefficient (Wildman–Crippen LogP) is 3.07. The van der Waals surface area contributed by atoms with Gasteiger partial charge in [0.2, 0.25) is 0 Å². The quantitative estimate of drug-likeness (QED) is 0.136. The number of carboxylic acids is 3. The van der Waals surface area contributed by atoms with E-state index in [1.807, 2.05) is 6.92 Å². The number of aliphatic carboxylic acids is 3. The summed E-state index contributed by atoms with van der Waals surface area (Å²) in [6.07, 6.45) is -8.79. The minimum absolute atomic E-state index is 0.0440. The summed E-state index contributed by atoms with van der Waals surface area (Å²) in [6.45, 7) is 15.8. The lowest BCUT2D eigenvalue weighted by Gasteiger charge is -2.71. The molecule has 0 amide bonds. The molecule has 4 saturated carbocycles. The zero-order valence-electron chi connectivity index (χ0n) is 34.2. The third-order valence-electron chi connectivity index (χ3n) is 17.5. The number of rotatable bonds is 7. The highest BCUT2D eigenvalue weighted by Gasteiger charge is 2.69. The van der Waals surface area contributed by atoms with Crippen molar-refractivity contribution in [3.63, 3.8) is 0 Å². The summed E-state index contributed by atoms with van der Waals surface area (Å²) < 4.78 is 23.5. The molecule has 19 atom stereocenters. The summed E-state index contributed by atoms with van der Waals surface area (Å²) in [5.41, 5.74) is -0.00709. The smallest absolute Gasteiger partial charge is 0.335 e. The van der Waals surface area contributed by atoms with Crippen molar-refractivity contribution in [2.75, 3.05) is 0 Å². The lowest BCUT2D eigenvalue weighted by Crippen LogP contribution is -2.67. The average Bonchev–Trinajstić information content (AvgIpc) is 3.12. The van der Waals surface area contributed by atoms with Gasteiger partial charge in [-0.25, -0.2) is 9.59 Å². The van der Waals surface area contributed by atoms with Gasteiger partial charge in [-0.15, -0.1) is 0 Å². The number of ether oxygens (including phenoxy) is 4. The number of hydrogen-bond donors (Lipinski definition) is 8. The van der Waals surface area contributed by atoms with Crippen LogP contribution in [0.1, 0.15) is 113 Å². The molecule has 0 aromatic heterocycles. The number of carboxylic acid groups (broad SMARTS) is 3. The first-order chi connectivity index (χ1) is 26.4. The van der Waals surface area contributed by atoms with Crippen molar-refractivity contribution in [2.45, 2.75) is 180 Å². The lowest BCUT2D eigenvalue weighted by molar-refractivity contribution is -0.371. The van der Waals surface area contributed by atoms with Gasteiger partial charge in [-0.05, 0) is 116 Å². The Hall–Kier alpha value is -2.21. The van der Waals surface area contributed by atoms with Gasteiger partial charge < -0.3 is 59.8 Å². The molecular weight excluding hydrogens is 744 g/mol. The summed E-state index contributed by atoms with van der Waals surface area (Å²) in [4.78, 5) is 36.5. The Kier molecular flexibility index (Phi) is 10.7. The maximum absolute atomic E-state index is 12.5. The maximum Gasteiger partial charge on any atom is 0.335 e. The monoisotopic (exact) mass is 808 g/mol. The highest BCUT2D eigenvalue weighted by atomic mass is 16.8. The molecule has 6 fully saturated rings. The van der Waals surface area contributed by atoms with Crippen LogP contribution >= 0.6 is 0 Å². The Bertz CT molecular complexity index is 1650. The fourth-order valence-corrected chi connectivity index (χ4v) is 13.5. The van der Waals surface area contributed by atoms with E-state index in [2.05, 4.69) is 47.6 Å². The van der Waals surface area contributed by atoms with Crippen LogP contribution in [0.2, 0.25) is 0 Å². The minimum atomic E-state index is -2.01. The maximum atomic E-state index is 12.5. The van der Waals surface area contributed by atoms with E-state index in [1.165, 1.54) is 5.57 Å². The fraction of sp³-hybridized carbons (Fsp3) is 0.881. The molecule has 2 heterocycles. The molecule has 0 spiro atoms. The first-order valence-electron chi connectivity index (χ1n) is 20.8. The Balaban J connectivity index is 1.15. The van der Waals surface area contributed by atoms with Gasteiger partial charge in [0.15, 0.2) is 24.8 Å². The molecule has 7 rings (SSSR count). The molecule has 2 aliphatic heterocycles. The number of aliphatic hydroxyl groups is 5. The van der Waals surface area contributed by atoms with Crippen LogP contribution in [0.4, 0.5) is 0 Å². The van der Waals surface area contributed by atoms with Crippen molar-refractivity contribution in [1.82, 2.24) is 0 Å². The highest BCUT2D eigenvalue weighted by Crippen LogP contribution is 2.76. The van der Waals surface area contributed by atoms with Gasteiger partial charge in [-0.1, -0.05) is 53.2 Å². The Morgan fingerprint density at radius 2 is 1.26 bits per heavy atom. The molecule has 5 aliphatic carbocycles. The molecule has 15 nitrogen and oxygen atoms in total. The lowest BCUT2D eigenvalue weighted by atomic mass is 9.33. The van der Waals surface area contributed by atoms with E-state index in [4.69, 9.17) is 18.9 Å². The second kappa shape index (κ2) is 14.2. The Morgan fingerprint density at radius 3 is 1.88 bits per heavy atom. The van der Waals surface area contributed by atoms with Crippen LogP contribution in [-0.4, -0.2) is 126 Å². The largest absolute Gasteiger partial charge is 0.481 e. The molecule has 2 saturated heterocycles. The van der Waals surface area contributed by atoms with E-state index in [-0.39, 0.29) is 33.5 Å². The molecular formula is C42H64O15. The zero-order valence-corrected chi connectivity index (χ0v) is 34.2. The number of aliphatic hydroxyl groups excluding tert-OH is 5. The van der Waals surface area contributed by atoms with E-state index < -0.39 is 96.3 Å². The average molecular weight is 809 g/mol. The molecule has 0 radical (unpaired) electrons. The summed E-state index contributed by atoms with van der Waals surface area (Å²) in [5.74, 6) is -3.24.